The summed E-state index contributed by atoms with van der Waals surface area (Å²) in [4.78, 5) is 12.1. The molecule has 4 heteroatoms. The summed E-state index contributed by atoms with van der Waals surface area (Å²) in [6, 6.07) is 7.46. The zero-order valence-electron chi connectivity index (χ0n) is 10.3. The van der Waals surface area contributed by atoms with Gasteiger partial charge in [0.25, 0.3) is 0 Å². The average molecular weight is 300 g/mol. The number of amides is 1. The molecule has 0 aliphatic carbocycles. The number of nitrogens with one attached hydrogen (secondary N) is 1. The Bertz CT molecular complexity index is 387. The Balaban J connectivity index is 2.86. The molecule has 94 valence electrons. The van der Waals surface area contributed by atoms with Crippen molar-refractivity contribution in [2.24, 2.45) is 0 Å². The molecule has 0 aliphatic heterocycles. The van der Waals surface area contributed by atoms with Crippen molar-refractivity contribution in [3.05, 3.63) is 34.3 Å². The number of aliphatic hydroxyl groups excluding tert-OH is 1. The highest BCUT2D eigenvalue weighted by Crippen LogP contribution is 2.25. The molecular weight excluding hydrogens is 282 g/mol. The fraction of sp³-hybridized carbons (Fsp3) is 0.462. The van der Waals surface area contributed by atoms with Gasteiger partial charge in [-0.2, -0.15) is 0 Å². The van der Waals surface area contributed by atoms with Crippen molar-refractivity contribution >= 4 is 21.8 Å². The largest absolute Gasteiger partial charge is 0.394 e. The van der Waals surface area contributed by atoms with Crippen molar-refractivity contribution in [1.82, 2.24) is 5.32 Å². The molecule has 1 aromatic carbocycles. The van der Waals surface area contributed by atoms with Gasteiger partial charge in [-0.1, -0.05) is 28.1 Å². The third kappa shape index (κ3) is 3.54. The van der Waals surface area contributed by atoms with E-state index in [1.54, 1.807) is 6.92 Å². The molecule has 0 heterocycles. The molecule has 1 rings (SSSR count). The highest BCUT2D eigenvalue weighted by Gasteiger charge is 2.30. The summed E-state index contributed by atoms with van der Waals surface area (Å²) in [6.45, 7) is 5.46. The van der Waals surface area contributed by atoms with Crippen molar-refractivity contribution in [3.63, 3.8) is 0 Å². The third-order valence-corrected chi connectivity index (χ3v) is 3.31. The minimum Gasteiger partial charge on any atom is -0.394 e. The molecule has 17 heavy (non-hydrogen) atoms. The molecule has 0 fully saturated rings. The van der Waals surface area contributed by atoms with Crippen LogP contribution >= 0.6 is 15.9 Å². The van der Waals surface area contributed by atoms with Crippen LogP contribution < -0.4 is 5.32 Å². The van der Waals surface area contributed by atoms with Crippen molar-refractivity contribution in [2.45, 2.75) is 32.2 Å². The number of benzene rings is 1. The van der Waals surface area contributed by atoms with Gasteiger partial charge in [-0.25, -0.2) is 0 Å². The predicted octanol–water partition coefficient (Wildman–Crippen LogP) is 2.22. The lowest BCUT2D eigenvalue weighted by atomic mass is 9.83. The van der Waals surface area contributed by atoms with Crippen LogP contribution in [0, 0.1) is 0 Å². The Kier molecular flexibility index (Phi) is 4.71. The van der Waals surface area contributed by atoms with Crippen LogP contribution in [0.15, 0.2) is 28.7 Å². The Morgan fingerprint density at radius 1 is 1.41 bits per heavy atom. The molecule has 1 amide bonds. The van der Waals surface area contributed by atoms with Crippen LogP contribution in [0.25, 0.3) is 0 Å². The molecule has 0 unspecified atom stereocenters. The molecular formula is C13H18BrNO2. The lowest BCUT2D eigenvalue weighted by Crippen LogP contribution is -2.45. The van der Waals surface area contributed by atoms with Crippen molar-refractivity contribution in [3.8, 4) is 0 Å². The van der Waals surface area contributed by atoms with E-state index in [2.05, 4.69) is 21.2 Å². The number of halogens is 1. The van der Waals surface area contributed by atoms with Crippen molar-refractivity contribution in [1.29, 1.82) is 0 Å². The molecule has 1 atom stereocenters. The summed E-state index contributed by atoms with van der Waals surface area (Å²) in [5.41, 5.74) is 0.341. The van der Waals surface area contributed by atoms with E-state index in [0.29, 0.717) is 0 Å². The third-order valence-electron chi connectivity index (χ3n) is 2.78. The quantitative estimate of drug-likeness (QED) is 0.896. The molecule has 0 bridgehead atoms. The van der Waals surface area contributed by atoms with Gasteiger partial charge in [-0.3, -0.25) is 4.79 Å². The number of rotatable bonds is 4. The van der Waals surface area contributed by atoms with Gasteiger partial charge < -0.3 is 10.4 Å². The van der Waals surface area contributed by atoms with E-state index in [9.17, 15) is 4.79 Å². The second-order valence-corrected chi connectivity index (χ2v) is 5.60. The van der Waals surface area contributed by atoms with E-state index in [-0.39, 0.29) is 18.6 Å². The molecule has 0 spiro atoms. The van der Waals surface area contributed by atoms with Gasteiger partial charge >= 0.3 is 0 Å². The monoisotopic (exact) mass is 299 g/mol. The number of aliphatic hydroxyl groups is 1. The molecule has 0 radical (unpaired) electrons. The van der Waals surface area contributed by atoms with Gasteiger partial charge in [0, 0.05) is 10.5 Å². The summed E-state index contributed by atoms with van der Waals surface area (Å²) in [5, 5.41) is 11.7. The highest BCUT2D eigenvalue weighted by molar-refractivity contribution is 9.10. The molecule has 1 aromatic rings. The first-order valence-corrected chi connectivity index (χ1v) is 6.35. The number of hydrogen-bond acceptors (Lipinski definition) is 2. The van der Waals surface area contributed by atoms with Crippen LogP contribution in [-0.4, -0.2) is 23.7 Å². The second kappa shape index (κ2) is 5.65. The van der Waals surface area contributed by atoms with Crippen LogP contribution in [-0.2, 0) is 10.2 Å². The second-order valence-electron chi connectivity index (χ2n) is 4.69. The zero-order chi connectivity index (χ0) is 13.1. The van der Waals surface area contributed by atoms with Gasteiger partial charge in [0.2, 0.25) is 5.91 Å². The van der Waals surface area contributed by atoms with E-state index in [0.717, 1.165) is 10.0 Å². The standard InChI is InChI=1S/C13H18BrNO2/c1-9(8-16)15-12(17)13(2,3)10-4-6-11(14)7-5-10/h4-7,9,16H,8H2,1-3H3,(H,15,17)/t9-/m1/s1. The Morgan fingerprint density at radius 3 is 2.41 bits per heavy atom. The first-order chi connectivity index (χ1) is 7.87. The topological polar surface area (TPSA) is 49.3 Å². The van der Waals surface area contributed by atoms with Gasteiger partial charge in [-0.15, -0.1) is 0 Å². The van der Waals surface area contributed by atoms with E-state index >= 15 is 0 Å². The first kappa shape index (κ1) is 14.2. The van der Waals surface area contributed by atoms with Crippen LogP contribution in [0.4, 0.5) is 0 Å². The van der Waals surface area contributed by atoms with Crippen LogP contribution in [0.3, 0.4) is 0 Å². The highest BCUT2D eigenvalue weighted by atomic mass is 79.9. The normalized spacial score (nSPS) is 13.2. The summed E-state index contributed by atoms with van der Waals surface area (Å²) in [5.74, 6) is -0.0821. The lowest BCUT2D eigenvalue weighted by Gasteiger charge is -2.26. The number of carbonyl (C=O) groups is 1. The van der Waals surface area contributed by atoms with Crippen molar-refractivity contribution < 1.29 is 9.90 Å². The fourth-order valence-electron chi connectivity index (χ4n) is 1.45. The van der Waals surface area contributed by atoms with E-state index in [1.807, 2.05) is 38.1 Å². The molecule has 2 N–H and O–H groups in total. The molecule has 0 aliphatic rings. The minimum absolute atomic E-state index is 0.0534. The zero-order valence-corrected chi connectivity index (χ0v) is 11.9. The van der Waals surface area contributed by atoms with Gasteiger partial charge in [0.1, 0.15) is 0 Å². The van der Waals surface area contributed by atoms with E-state index in [1.165, 1.54) is 0 Å². The van der Waals surface area contributed by atoms with Gasteiger partial charge in [-0.05, 0) is 38.5 Å². The van der Waals surface area contributed by atoms with Gasteiger partial charge in [0.05, 0.1) is 12.0 Å². The Labute approximate surface area is 110 Å². The summed E-state index contributed by atoms with van der Waals surface area (Å²) >= 11 is 3.37. The van der Waals surface area contributed by atoms with Crippen molar-refractivity contribution in [2.75, 3.05) is 6.61 Å². The van der Waals surface area contributed by atoms with E-state index < -0.39 is 5.41 Å². The van der Waals surface area contributed by atoms with Crippen LogP contribution in [0.5, 0.6) is 0 Å². The van der Waals surface area contributed by atoms with Crippen LogP contribution in [0.2, 0.25) is 0 Å². The molecule has 0 saturated carbocycles. The predicted molar refractivity (Wildman–Crippen MR) is 71.9 cm³/mol. The van der Waals surface area contributed by atoms with E-state index in [4.69, 9.17) is 5.11 Å². The van der Waals surface area contributed by atoms with Gasteiger partial charge in [0.15, 0.2) is 0 Å². The maximum absolute atomic E-state index is 12.1. The van der Waals surface area contributed by atoms with Crippen LogP contribution in [0.1, 0.15) is 26.3 Å². The number of carbonyl (C=O) groups excluding carboxylic acids is 1. The Hall–Kier alpha value is -0.870. The summed E-state index contributed by atoms with van der Waals surface area (Å²) in [6.07, 6.45) is 0. The minimum atomic E-state index is -0.607. The molecule has 0 saturated heterocycles. The fourth-order valence-corrected chi connectivity index (χ4v) is 1.71. The maximum Gasteiger partial charge on any atom is 0.230 e. The smallest absolute Gasteiger partial charge is 0.230 e. The average Bonchev–Trinajstić information content (AvgIpc) is 2.29. The maximum atomic E-state index is 12.1. The summed E-state index contributed by atoms with van der Waals surface area (Å²) < 4.78 is 0.987. The molecule has 0 aromatic heterocycles. The Morgan fingerprint density at radius 2 is 1.94 bits per heavy atom. The SMILES string of the molecule is C[C@H](CO)NC(=O)C(C)(C)c1ccc(Br)cc1. The first-order valence-electron chi connectivity index (χ1n) is 5.55. The lowest BCUT2D eigenvalue weighted by molar-refractivity contribution is -0.126. The number of hydrogen-bond donors (Lipinski definition) is 2. The molecule has 3 nitrogen and oxygen atoms in total. The summed E-state index contributed by atoms with van der Waals surface area (Å²) in [7, 11) is 0.